The Labute approximate surface area is 91.3 Å². The summed E-state index contributed by atoms with van der Waals surface area (Å²) in [5, 5.41) is 3.30. The van der Waals surface area contributed by atoms with Gasteiger partial charge in [-0.05, 0) is 40.2 Å². The molecular weight excluding hydrogens is 194 g/mol. The van der Waals surface area contributed by atoms with E-state index >= 15 is 0 Å². The molecule has 15 heavy (non-hydrogen) atoms. The fourth-order valence-electron chi connectivity index (χ4n) is 1.55. The summed E-state index contributed by atoms with van der Waals surface area (Å²) >= 11 is 0. The summed E-state index contributed by atoms with van der Waals surface area (Å²) in [6.07, 6.45) is 2.33. The van der Waals surface area contributed by atoms with Crippen molar-refractivity contribution in [2.75, 3.05) is 19.8 Å². The Balaban J connectivity index is 2.06. The van der Waals surface area contributed by atoms with E-state index in [-0.39, 0.29) is 12.6 Å². The molecule has 0 aromatic rings. The third-order valence-corrected chi connectivity index (χ3v) is 2.12. The average Bonchev–Trinajstić information content (AvgIpc) is 2.53. The van der Waals surface area contributed by atoms with E-state index in [1.807, 2.05) is 20.8 Å². The van der Waals surface area contributed by atoms with Gasteiger partial charge in [0, 0.05) is 6.04 Å². The fourth-order valence-corrected chi connectivity index (χ4v) is 1.55. The molecule has 4 nitrogen and oxygen atoms in total. The molecule has 1 atom stereocenters. The van der Waals surface area contributed by atoms with Gasteiger partial charge in [-0.2, -0.15) is 0 Å². The van der Waals surface area contributed by atoms with Crippen LogP contribution < -0.4 is 5.32 Å². The largest absolute Gasteiger partial charge is 0.458 e. The van der Waals surface area contributed by atoms with E-state index in [1.165, 1.54) is 6.42 Å². The monoisotopic (exact) mass is 215 g/mol. The van der Waals surface area contributed by atoms with Crippen molar-refractivity contribution in [2.24, 2.45) is 0 Å². The zero-order chi connectivity index (χ0) is 11.3. The molecule has 1 rings (SSSR count). The van der Waals surface area contributed by atoms with Crippen LogP contribution in [0.1, 0.15) is 33.6 Å². The van der Waals surface area contributed by atoms with Crippen LogP contribution in [0.15, 0.2) is 0 Å². The maximum atomic E-state index is 11.3. The van der Waals surface area contributed by atoms with Crippen LogP contribution in [-0.4, -0.2) is 37.4 Å². The van der Waals surface area contributed by atoms with Gasteiger partial charge >= 0.3 is 5.97 Å². The molecule has 0 amide bonds. The zero-order valence-corrected chi connectivity index (χ0v) is 9.84. The minimum Gasteiger partial charge on any atom is -0.458 e. The summed E-state index contributed by atoms with van der Waals surface area (Å²) in [6.45, 7) is 7.26. The smallest absolute Gasteiger partial charge is 0.332 e. The molecule has 88 valence electrons. The van der Waals surface area contributed by atoms with Gasteiger partial charge in [0.2, 0.25) is 0 Å². The van der Waals surface area contributed by atoms with E-state index in [2.05, 4.69) is 5.32 Å². The molecule has 1 heterocycles. The SMILES string of the molecule is CC(C)(C)OC(=O)COCC1CCCN1. The molecule has 0 aromatic heterocycles. The number of ether oxygens (including phenoxy) is 2. The normalized spacial score (nSPS) is 21.7. The maximum absolute atomic E-state index is 11.3. The summed E-state index contributed by atoms with van der Waals surface area (Å²) in [5.74, 6) is -0.291. The lowest BCUT2D eigenvalue weighted by molar-refractivity contribution is -0.160. The van der Waals surface area contributed by atoms with Crippen LogP contribution in [0, 0.1) is 0 Å². The molecule has 1 unspecified atom stereocenters. The van der Waals surface area contributed by atoms with Crippen molar-refractivity contribution in [1.29, 1.82) is 0 Å². The lowest BCUT2D eigenvalue weighted by Crippen LogP contribution is -2.30. The van der Waals surface area contributed by atoms with Crippen LogP contribution >= 0.6 is 0 Å². The van der Waals surface area contributed by atoms with Gasteiger partial charge in [0.25, 0.3) is 0 Å². The molecule has 0 bridgehead atoms. The van der Waals surface area contributed by atoms with E-state index in [9.17, 15) is 4.79 Å². The summed E-state index contributed by atoms with van der Waals surface area (Å²) < 4.78 is 10.4. The van der Waals surface area contributed by atoms with E-state index in [0.717, 1.165) is 13.0 Å². The first-order valence-electron chi connectivity index (χ1n) is 5.50. The van der Waals surface area contributed by atoms with Crippen LogP contribution in [0.2, 0.25) is 0 Å². The molecule has 4 heteroatoms. The van der Waals surface area contributed by atoms with E-state index in [0.29, 0.717) is 12.6 Å². The van der Waals surface area contributed by atoms with Gasteiger partial charge < -0.3 is 14.8 Å². The van der Waals surface area contributed by atoms with Gasteiger partial charge in [-0.1, -0.05) is 0 Å². The standard InChI is InChI=1S/C11H21NO3/c1-11(2,3)15-10(13)8-14-7-9-5-4-6-12-9/h9,12H,4-8H2,1-3H3. The molecule has 1 fully saturated rings. The summed E-state index contributed by atoms with van der Waals surface area (Å²) in [5.41, 5.74) is -0.425. The van der Waals surface area contributed by atoms with Crippen LogP contribution in [-0.2, 0) is 14.3 Å². The van der Waals surface area contributed by atoms with Crippen molar-refractivity contribution in [3.05, 3.63) is 0 Å². The Bertz CT molecular complexity index is 204. The molecule has 1 N–H and O–H groups in total. The van der Waals surface area contributed by atoms with Crippen LogP contribution in [0.25, 0.3) is 0 Å². The number of esters is 1. The van der Waals surface area contributed by atoms with Crippen molar-refractivity contribution in [3.8, 4) is 0 Å². The lowest BCUT2D eigenvalue weighted by Gasteiger charge is -2.19. The highest BCUT2D eigenvalue weighted by Crippen LogP contribution is 2.08. The van der Waals surface area contributed by atoms with Gasteiger partial charge in [0.05, 0.1) is 6.61 Å². The molecule has 0 spiro atoms. The topological polar surface area (TPSA) is 47.6 Å². The van der Waals surface area contributed by atoms with E-state index in [4.69, 9.17) is 9.47 Å². The highest BCUT2D eigenvalue weighted by atomic mass is 16.6. The second kappa shape index (κ2) is 5.47. The Morgan fingerprint density at radius 2 is 2.20 bits per heavy atom. The van der Waals surface area contributed by atoms with Crippen molar-refractivity contribution < 1.29 is 14.3 Å². The summed E-state index contributed by atoms with van der Waals surface area (Å²) in [6, 6.07) is 0.410. The van der Waals surface area contributed by atoms with Crippen molar-refractivity contribution >= 4 is 5.97 Å². The number of hydrogen-bond acceptors (Lipinski definition) is 4. The average molecular weight is 215 g/mol. The Hall–Kier alpha value is -0.610. The van der Waals surface area contributed by atoms with E-state index < -0.39 is 5.60 Å². The Morgan fingerprint density at radius 3 is 2.73 bits per heavy atom. The number of hydrogen-bond donors (Lipinski definition) is 1. The van der Waals surface area contributed by atoms with Gasteiger partial charge in [0.1, 0.15) is 12.2 Å². The molecule has 1 saturated heterocycles. The maximum Gasteiger partial charge on any atom is 0.332 e. The third kappa shape index (κ3) is 5.74. The molecule has 0 aliphatic carbocycles. The number of carbonyl (C=O) groups excluding carboxylic acids is 1. The van der Waals surface area contributed by atoms with Gasteiger partial charge in [0.15, 0.2) is 0 Å². The Morgan fingerprint density at radius 1 is 1.47 bits per heavy atom. The molecule has 0 saturated carbocycles. The molecule has 0 aromatic carbocycles. The van der Waals surface area contributed by atoms with Gasteiger partial charge in [-0.25, -0.2) is 4.79 Å². The first-order valence-corrected chi connectivity index (χ1v) is 5.50. The minimum absolute atomic E-state index is 0.0510. The minimum atomic E-state index is -0.425. The number of nitrogens with one attached hydrogen (secondary N) is 1. The predicted octanol–water partition coefficient (Wildman–Crippen LogP) is 1.10. The van der Waals surface area contributed by atoms with E-state index in [1.54, 1.807) is 0 Å². The van der Waals surface area contributed by atoms with Crippen LogP contribution in [0.5, 0.6) is 0 Å². The molecule has 1 aliphatic rings. The van der Waals surface area contributed by atoms with Crippen molar-refractivity contribution in [2.45, 2.75) is 45.3 Å². The predicted molar refractivity (Wildman–Crippen MR) is 57.7 cm³/mol. The number of carbonyl (C=O) groups is 1. The van der Waals surface area contributed by atoms with Crippen molar-refractivity contribution in [3.63, 3.8) is 0 Å². The summed E-state index contributed by atoms with van der Waals surface area (Å²) in [4.78, 5) is 11.3. The molecular formula is C11H21NO3. The lowest BCUT2D eigenvalue weighted by atomic mass is 10.2. The molecule has 1 aliphatic heterocycles. The Kier molecular flexibility index (Phi) is 4.54. The molecule has 0 radical (unpaired) electrons. The third-order valence-electron chi connectivity index (χ3n) is 2.12. The number of rotatable bonds is 4. The first-order chi connectivity index (χ1) is 6.97. The van der Waals surface area contributed by atoms with Gasteiger partial charge in [-0.3, -0.25) is 0 Å². The summed E-state index contributed by atoms with van der Waals surface area (Å²) in [7, 11) is 0. The quantitative estimate of drug-likeness (QED) is 0.713. The van der Waals surface area contributed by atoms with Crippen molar-refractivity contribution in [1.82, 2.24) is 5.32 Å². The fraction of sp³-hybridized carbons (Fsp3) is 0.909. The second-order valence-corrected chi connectivity index (χ2v) is 4.89. The first kappa shape index (κ1) is 12.5. The van der Waals surface area contributed by atoms with Crippen LogP contribution in [0.4, 0.5) is 0 Å². The zero-order valence-electron chi connectivity index (χ0n) is 9.84. The second-order valence-electron chi connectivity index (χ2n) is 4.89. The van der Waals surface area contributed by atoms with Crippen LogP contribution in [0.3, 0.4) is 0 Å². The van der Waals surface area contributed by atoms with Gasteiger partial charge in [-0.15, -0.1) is 0 Å². The highest BCUT2D eigenvalue weighted by molar-refractivity contribution is 5.71. The highest BCUT2D eigenvalue weighted by Gasteiger charge is 2.18.